The first-order valence-electron chi connectivity index (χ1n) is 8.33. The molecule has 128 valence electrons. The number of nitrogens with one attached hydrogen (secondary N) is 1. The number of aromatic nitrogens is 4. The average Bonchev–Trinajstić information content (AvgIpc) is 3.21. The minimum atomic E-state index is -0.225. The molecule has 0 radical (unpaired) electrons. The summed E-state index contributed by atoms with van der Waals surface area (Å²) < 4.78 is 1.71. The second-order valence-corrected chi connectivity index (χ2v) is 5.93. The fourth-order valence-corrected chi connectivity index (χ4v) is 2.96. The third kappa shape index (κ3) is 3.30. The lowest BCUT2D eigenvalue weighted by Gasteiger charge is -2.19. The van der Waals surface area contributed by atoms with Gasteiger partial charge in [-0.1, -0.05) is 48.5 Å². The summed E-state index contributed by atoms with van der Waals surface area (Å²) in [7, 11) is 0. The first-order valence-corrected chi connectivity index (χ1v) is 8.33. The van der Waals surface area contributed by atoms with Gasteiger partial charge in [0.05, 0.1) is 23.7 Å². The zero-order valence-electron chi connectivity index (χ0n) is 14.0. The number of para-hydroxylation sites is 1. The number of rotatable bonds is 5. The normalized spacial score (nSPS) is 12.0. The highest BCUT2D eigenvalue weighted by molar-refractivity contribution is 6.06. The van der Waals surface area contributed by atoms with E-state index in [2.05, 4.69) is 20.4 Å². The molecular weight excluding hydrogens is 326 g/mol. The summed E-state index contributed by atoms with van der Waals surface area (Å²) in [5, 5.41) is 8.11. The van der Waals surface area contributed by atoms with Gasteiger partial charge in [0.15, 0.2) is 0 Å². The summed E-state index contributed by atoms with van der Waals surface area (Å²) in [5.74, 6) is -0.141. The molecule has 4 rings (SSSR count). The van der Waals surface area contributed by atoms with E-state index >= 15 is 0 Å². The molecule has 4 aromatic rings. The van der Waals surface area contributed by atoms with E-state index in [9.17, 15) is 4.79 Å². The van der Waals surface area contributed by atoms with Crippen molar-refractivity contribution in [3.8, 4) is 0 Å². The van der Waals surface area contributed by atoms with Gasteiger partial charge in [-0.05, 0) is 17.7 Å². The third-order valence-electron chi connectivity index (χ3n) is 4.24. The number of nitrogens with zero attached hydrogens (tertiary/aromatic N) is 4. The van der Waals surface area contributed by atoms with E-state index in [0.29, 0.717) is 12.1 Å². The molecule has 0 spiro atoms. The maximum atomic E-state index is 13.0. The van der Waals surface area contributed by atoms with Crippen LogP contribution in [0.5, 0.6) is 0 Å². The topological polar surface area (TPSA) is 72.7 Å². The Morgan fingerprint density at radius 3 is 2.65 bits per heavy atom. The molecule has 26 heavy (non-hydrogen) atoms. The van der Waals surface area contributed by atoms with E-state index in [-0.39, 0.29) is 11.9 Å². The molecular formula is C20H17N5O. The van der Waals surface area contributed by atoms with Gasteiger partial charge in [0.25, 0.3) is 5.91 Å². The second-order valence-electron chi connectivity index (χ2n) is 5.93. The fraction of sp³-hybridized carbons (Fsp3) is 0.100. The van der Waals surface area contributed by atoms with Gasteiger partial charge in [-0.15, -0.1) is 0 Å². The van der Waals surface area contributed by atoms with E-state index < -0.39 is 0 Å². The van der Waals surface area contributed by atoms with Crippen LogP contribution in [0.25, 0.3) is 10.9 Å². The lowest BCUT2D eigenvalue weighted by atomic mass is 10.0. The summed E-state index contributed by atoms with van der Waals surface area (Å²) in [6.45, 7) is 0.499. The monoisotopic (exact) mass is 343 g/mol. The summed E-state index contributed by atoms with van der Waals surface area (Å²) in [6.07, 6.45) is 4.79. The van der Waals surface area contributed by atoms with E-state index in [1.54, 1.807) is 23.3 Å². The Labute approximate surface area is 150 Å². The van der Waals surface area contributed by atoms with E-state index in [1.165, 1.54) is 6.33 Å². The lowest BCUT2D eigenvalue weighted by Crippen LogP contribution is -2.31. The lowest BCUT2D eigenvalue weighted by molar-refractivity contribution is 0.0933. The Balaban J connectivity index is 1.65. The van der Waals surface area contributed by atoms with Crippen LogP contribution in [-0.4, -0.2) is 25.7 Å². The minimum absolute atomic E-state index is 0.141. The van der Waals surface area contributed by atoms with Crippen molar-refractivity contribution in [1.82, 2.24) is 25.1 Å². The quantitative estimate of drug-likeness (QED) is 0.605. The van der Waals surface area contributed by atoms with Crippen LogP contribution < -0.4 is 5.32 Å². The van der Waals surface area contributed by atoms with Crippen molar-refractivity contribution < 1.29 is 4.79 Å². The molecule has 0 aliphatic carbocycles. The molecule has 6 nitrogen and oxygen atoms in total. The number of fused-ring (bicyclic) bond motifs is 1. The number of carbonyl (C=O) groups excluding carboxylic acids is 1. The molecule has 0 unspecified atom stereocenters. The van der Waals surface area contributed by atoms with Crippen molar-refractivity contribution in [2.45, 2.75) is 12.6 Å². The highest BCUT2D eigenvalue weighted by Crippen LogP contribution is 2.19. The molecule has 6 heteroatoms. The Hall–Kier alpha value is -3.54. The number of pyridine rings is 1. The van der Waals surface area contributed by atoms with Crippen LogP contribution in [0, 0.1) is 0 Å². The van der Waals surface area contributed by atoms with Crippen LogP contribution >= 0.6 is 0 Å². The number of carbonyl (C=O) groups is 1. The van der Waals surface area contributed by atoms with Crippen molar-refractivity contribution in [1.29, 1.82) is 0 Å². The minimum Gasteiger partial charge on any atom is -0.343 e. The van der Waals surface area contributed by atoms with Gasteiger partial charge >= 0.3 is 0 Å². The van der Waals surface area contributed by atoms with Crippen LogP contribution in [0.4, 0.5) is 0 Å². The molecule has 1 amide bonds. The first-order chi connectivity index (χ1) is 12.8. The molecule has 0 aliphatic rings. The molecule has 0 fully saturated rings. The van der Waals surface area contributed by atoms with Crippen molar-refractivity contribution in [2.75, 3.05) is 0 Å². The van der Waals surface area contributed by atoms with Gasteiger partial charge in [0.2, 0.25) is 0 Å². The Kier molecular flexibility index (Phi) is 4.38. The van der Waals surface area contributed by atoms with Gasteiger partial charge in [0, 0.05) is 11.6 Å². The first kappa shape index (κ1) is 16.0. The van der Waals surface area contributed by atoms with E-state index in [4.69, 9.17) is 0 Å². The fourth-order valence-electron chi connectivity index (χ4n) is 2.96. The number of amides is 1. The van der Waals surface area contributed by atoms with Gasteiger partial charge in [-0.2, -0.15) is 5.10 Å². The molecule has 0 bridgehead atoms. The smallest absolute Gasteiger partial charge is 0.252 e. The third-order valence-corrected chi connectivity index (χ3v) is 4.24. The molecule has 1 N–H and O–H groups in total. The van der Waals surface area contributed by atoms with Crippen LogP contribution in [0.1, 0.15) is 22.0 Å². The standard InChI is InChI=1S/C20H17N5O/c26-20(17-10-11-22-18-9-5-4-8-16(17)18)24-19(12-25-14-21-13-23-25)15-6-2-1-3-7-15/h1-11,13-14,19H,12H2,(H,24,26)/t19-/m1/s1. The van der Waals surface area contributed by atoms with Crippen molar-refractivity contribution in [3.63, 3.8) is 0 Å². The van der Waals surface area contributed by atoms with Crippen LogP contribution in [0.2, 0.25) is 0 Å². The molecule has 0 aliphatic heterocycles. The second kappa shape index (κ2) is 7.14. The number of hydrogen-bond acceptors (Lipinski definition) is 4. The average molecular weight is 343 g/mol. The molecule has 0 saturated carbocycles. The molecule has 0 saturated heterocycles. The van der Waals surface area contributed by atoms with Crippen molar-refractivity contribution >= 4 is 16.8 Å². The van der Waals surface area contributed by atoms with Gasteiger partial charge in [0.1, 0.15) is 12.7 Å². The van der Waals surface area contributed by atoms with Gasteiger partial charge < -0.3 is 5.32 Å². The molecule has 2 aromatic carbocycles. The summed E-state index contributed by atoms with van der Waals surface area (Å²) in [6, 6.07) is 19.0. The summed E-state index contributed by atoms with van der Waals surface area (Å²) >= 11 is 0. The van der Waals surface area contributed by atoms with Crippen LogP contribution in [0.15, 0.2) is 79.5 Å². The van der Waals surface area contributed by atoms with Crippen molar-refractivity contribution in [2.24, 2.45) is 0 Å². The highest BCUT2D eigenvalue weighted by Gasteiger charge is 2.18. The largest absolute Gasteiger partial charge is 0.343 e. The summed E-state index contributed by atoms with van der Waals surface area (Å²) in [5.41, 5.74) is 2.41. The Morgan fingerprint density at radius 2 is 1.85 bits per heavy atom. The maximum absolute atomic E-state index is 13.0. The van der Waals surface area contributed by atoms with Gasteiger partial charge in [-0.25, -0.2) is 4.98 Å². The van der Waals surface area contributed by atoms with E-state index in [0.717, 1.165) is 16.5 Å². The summed E-state index contributed by atoms with van der Waals surface area (Å²) in [4.78, 5) is 21.3. The van der Waals surface area contributed by atoms with Crippen LogP contribution in [0.3, 0.4) is 0 Å². The molecule has 1 atom stereocenters. The highest BCUT2D eigenvalue weighted by atomic mass is 16.1. The molecule has 2 heterocycles. The zero-order chi connectivity index (χ0) is 17.8. The maximum Gasteiger partial charge on any atom is 0.252 e. The SMILES string of the molecule is O=C(N[C@H](Cn1cncn1)c1ccccc1)c1ccnc2ccccc12. The predicted molar refractivity (Wildman–Crippen MR) is 98.4 cm³/mol. The van der Waals surface area contributed by atoms with Crippen molar-refractivity contribution in [3.05, 3.63) is 90.6 Å². The number of benzene rings is 2. The van der Waals surface area contributed by atoms with Gasteiger partial charge in [-0.3, -0.25) is 14.5 Å². The zero-order valence-corrected chi connectivity index (χ0v) is 14.0. The molecule has 2 aromatic heterocycles. The predicted octanol–water partition coefficient (Wildman–Crippen LogP) is 3.00. The number of hydrogen-bond donors (Lipinski definition) is 1. The Bertz CT molecular complexity index is 1010. The van der Waals surface area contributed by atoms with E-state index in [1.807, 2.05) is 54.6 Å². The van der Waals surface area contributed by atoms with Crippen LogP contribution in [-0.2, 0) is 6.54 Å². The Morgan fingerprint density at radius 1 is 1.04 bits per heavy atom.